The van der Waals surface area contributed by atoms with Crippen LogP contribution in [0, 0.1) is 20.8 Å². The summed E-state index contributed by atoms with van der Waals surface area (Å²) in [7, 11) is -3.62. The Bertz CT molecular complexity index is 976. The molecule has 0 bridgehead atoms. The lowest BCUT2D eigenvalue weighted by atomic mass is 10.2. The molecule has 27 heavy (non-hydrogen) atoms. The van der Waals surface area contributed by atoms with Crippen LogP contribution in [-0.4, -0.2) is 36.7 Å². The van der Waals surface area contributed by atoms with Crippen molar-refractivity contribution in [3.05, 3.63) is 45.7 Å². The minimum absolute atomic E-state index is 0.211. The number of benzene rings is 1. The summed E-state index contributed by atoms with van der Waals surface area (Å²) in [6, 6.07) is 5.19. The number of nitrogens with one attached hydrogen (secondary N) is 2. The molecule has 146 valence electrons. The number of halogens is 1. The van der Waals surface area contributed by atoms with E-state index in [1.165, 1.54) is 4.31 Å². The number of hydrogen-bond donors (Lipinski definition) is 2. The van der Waals surface area contributed by atoms with Gasteiger partial charge in [0.25, 0.3) is 5.91 Å². The summed E-state index contributed by atoms with van der Waals surface area (Å²) in [5, 5.41) is 3.42. The largest absolute Gasteiger partial charge is 0.353 e. The third kappa shape index (κ3) is 3.90. The first kappa shape index (κ1) is 19.9. The average Bonchev–Trinajstić information content (AvgIpc) is 2.93. The summed E-state index contributed by atoms with van der Waals surface area (Å²) in [6.07, 6.45) is 2.78. The van der Waals surface area contributed by atoms with Crippen LogP contribution in [0.1, 0.15) is 46.6 Å². The highest BCUT2D eigenvalue weighted by atomic mass is 35.5. The molecular formula is C19H24ClN3O3S. The predicted molar refractivity (Wildman–Crippen MR) is 107 cm³/mol. The second-order valence-electron chi connectivity index (χ2n) is 6.96. The number of piperidine rings is 1. The number of rotatable bonds is 4. The van der Waals surface area contributed by atoms with Gasteiger partial charge in [-0.1, -0.05) is 18.0 Å². The van der Waals surface area contributed by atoms with E-state index in [1.54, 1.807) is 32.0 Å². The van der Waals surface area contributed by atoms with Crippen LogP contribution >= 0.6 is 11.6 Å². The maximum atomic E-state index is 13.1. The zero-order chi connectivity index (χ0) is 19.8. The maximum Gasteiger partial charge on any atom is 0.272 e. The van der Waals surface area contributed by atoms with Crippen LogP contribution in [0.5, 0.6) is 0 Å². The number of nitrogens with zero attached hydrogens (tertiary/aromatic N) is 1. The summed E-state index contributed by atoms with van der Waals surface area (Å²) < 4.78 is 27.7. The molecule has 2 heterocycles. The van der Waals surface area contributed by atoms with Crippen LogP contribution in [0.15, 0.2) is 23.1 Å². The highest BCUT2D eigenvalue weighted by Crippen LogP contribution is 2.29. The number of anilines is 1. The Balaban J connectivity index is 1.92. The Morgan fingerprint density at radius 3 is 2.44 bits per heavy atom. The SMILES string of the molecule is Cc1cc(Cl)ccc1NC(=O)c1[nH]c(C)c(S(=O)(=O)N2CCCCC2)c1C. The van der Waals surface area contributed by atoms with Crippen molar-refractivity contribution in [1.29, 1.82) is 0 Å². The summed E-state index contributed by atoms with van der Waals surface area (Å²) in [5.41, 5.74) is 2.66. The van der Waals surface area contributed by atoms with Crippen molar-refractivity contribution in [1.82, 2.24) is 9.29 Å². The Hall–Kier alpha value is -1.83. The molecule has 0 atom stereocenters. The van der Waals surface area contributed by atoms with Crippen molar-refractivity contribution >= 4 is 33.2 Å². The van der Waals surface area contributed by atoms with Gasteiger partial charge in [0.2, 0.25) is 10.0 Å². The fourth-order valence-corrected chi connectivity index (χ4v) is 5.68. The van der Waals surface area contributed by atoms with Crippen molar-refractivity contribution in [3.8, 4) is 0 Å². The second kappa shape index (κ2) is 7.66. The Morgan fingerprint density at radius 2 is 1.81 bits per heavy atom. The van der Waals surface area contributed by atoms with Crippen molar-refractivity contribution in [2.75, 3.05) is 18.4 Å². The molecule has 1 amide bonds. The van der Waals surface area contributed by atoms with Gasteiger partial charge in [-0.25, -0.2) is 8.42 Å². The molecule has 0 aliphatic carbocycles. The molecule has 1 aromatic carbocycles. The first-order valence-electron chi connectivity index (χ1n) is 8.98. The van der Waals surface area contributed by atoms with Crippen molar-refractivity contribution in [2.24, 2.45) is 0 Å². The third-order valence-corrected chi connectivity index (χ3v) is 7.35. The van der Waals surface area contributed by atoms with Crippen LogP contribution in [0.3, 0.4) is 0 Å². The number of aryl methyl sites for hydroxylation is 2. The monoisotopic (exact) mass is 409 g/mol. The molecule has 2 N–H and O–H groups in total. The van der Waals surface area contributed by atoms with Gasteiger partial charge >= 0.3 is 0 Å². The van der Waals surface area contributed by atoms with Crippen molar-refractivity contribution in [2.45, 2.75) is 44.9 Å². The topological polar surface area (TPSA) is 82.3 Å². The van der Waals surface area contributed by atoms with E-state index >= 15 is 0 Å². The first-order valence-corrected chi connectivity index (χ1v) is 10.8. The fourth-order valence-electron chi connectivity index (χ4n) is 3.53. The molecule has 0 radical (unpaired) electrons. The van der Waals surface area contributed by atoms with Crippen LogP contribution in [0.2, 0.25) is 5.02 Å². The van der Waals surface area contributed by atoms with Crippen molar-refractivity contribution < 1.29 is 13.2 Å². The van der Waals surface area contributed by atoms with Gasteiger partial charge in [0.15, 0.2) is 0 Å². The van der Waals surface area contributed by atoms with E-state index in [0.29, 0.717) is 35.1 Å². The van der Waals surface area contributed by atoms with Gasteiger partial charge in [0, 0.05) is 29.5 Å². The molecule has 1 saturated heterocycles. The van der Waals surface area contributed by atoms with Crippen LogP contribution in [0.25, 0.3) is 0 Å². The molecule has 0 unspecified atom stereocenters. The van der Waals surface area contributed by atoms with E-state index in [2.05, 4.69) is 10.3 Å². The van der Waals surface area contributed by atoms with Gasteiger partial charge in [-0.2, -0.15) is 4.31 Å². The molecule has 1 aliphatic heterocycles. The van der Waals surface area contributed by atoms with Gasteiger partial charge < -0.3 is 10.3 Å². The standard InChI is InChI=1S/C19H24ClN3O3S/c1-12-11-15(20)7-8-16(12)22-19(24)17-13(2)18(14(3)21-17)27(25,26)23-9-5-4-6-10-23/h7-8,11,21H,4-6,9-10H2,1-3H3,(H,22,24). The lowest BCUT2D eigenvalue weighted by Crippen LogP contribution is -2.36. The van der Waals surface area contributed by atoms with E-state index in [0.717, 1.165) is 24.8 Å². The number of aromatic nitrogens is 1. The maximum absolute atomic E-state index is 13.1. The molecular weight excluding hydrogens is 386 g/mol. The van der Waals surface area contributed by atoms with Gasteiger partial charge in [-0.15, -0.1) is 0 Å². The molecule has 0 saturated carbocycles. The Kier molecular flexibility index (Phi) is 5.65. The zero-order valence-electron chi connectivity index (χ0n) is 15.7. The Morgan fingerprint density at radius 1 is 1.15 bits per heavy atom. The lowest BCUT2D eigenvalue weighted by Gasteiger charge is -2.26. The highest BCUT2D eigenvalue weighted by Gasteiger charge is 2.32. The normalized spacial score (nSPS) is 15.7. The molecule has 2 aromatic rings. The minimum atomic E-state index is -3.62. The van der Waals surface area contributed by atoms with Crippen LogP contribution in [0.4, 0.5) is 5.69 Å². The average molecular weight is 410 g/mol. The van der Waals surface area contributed by atoms with Gasteiger partial charge in [-0.05, 0) is 62.9 Å². The van der Waals surface area contributed by atoms with Gasteiger partial charge in [0.05, 0.1) is 0 Å². The number of sulfonamides is 1. The van der Waals surface area contributed by atoms with Gasteiger partial charge in [0.1, 0.15) is 10.6 Å². The number of aromatic amines is 1. The van der Waals surface area contributed by atoms with E-state index < -0.39 is 10.0 Å². The third-order valence-electron chi connectivity index (χ3n) is 4.95. The van der Waals surface area contributed by atoms with E-state index in [9.17, 15) is 13.2 Å². The lowest BCUT2D eigenvalue weighted by molar-refractivity contribution is 0.102. The van der Waals surface area contributed by atoms with E-state index in [1.807, 2.05) is 6.92 Å². The summed E-state index contributed by atoms with van der Waals surface area (Å²) >= 11 is 5.95. The number of H-pyrrole nitrogens is 1. The summed E-state index contributed by atoms with van der Waals surface area (Å²) in [4.78, 5) is 15.9. The molecule has 0 spiro atoms. The second-order valence-corrected chi connectivity index (χ2v) is 9.27. The number of hydrogen-bond acceptors (Lipinski definition) is 3. The number of amides is 1. The zero-order valence-corrected chi connectivity index (χ0v) is 17.3. The molecule has 1 aromatic heterocycles. The molecule has 6 nitrogen and oxygen atoms in total. The van der Waals surface area contributed by atoms with Crippen LogP contribution in [-0.2, 0) is 10.0 Å². The minimum Gasteiger partial charge on any atom is -0.353 e. The molecule has 3 rings (SSSR count). The van der Waals surface area contributed by atoms with E-state index in [4.69, 9.17) is 11.6 Å². The van der Waals surface area contributed by atoms with Crippen molar-refractivity contribution in [3.63, 3.8) is 0 Å². The van der Waals surface area contributed by atoms with Gasteiger partial charge in [-0.3, -0.25) is 4.79 Å². The Labute approximate surface area is 165 Å². The predicted octanol–water partition coefficient (Wildman–Crippen LogP) is 4.02. The highest BCUT2D eigenvalue weighted by molar-refractivity contribution is 7.89. The smallest absolute Gasteiger partial charge is 0.272 e. The quantitative estimate of drug-likeness (QED) is 0.799. The fraction of sp³-hybridized carbons (Fsp3) is 0.421. The number of carbonyl (C=O) groups excluding carboxylic acids is 1. The first-order chi connectivity index (χ1) is 12.7. The molecule has 1 fully saturated rings. The summed E-state index contributed by atoms with van der Waals surface area (Å²) in [6.45, 7) is 6.26. The molecule has 1 aliphatic rings. The van der Waals surface area contributed by atoms with Crippen LogP contribution < -0.4 is 5.32 Å². The summed E-state index contributed by atoms with van der Waals surface area (Å²) in [5.74, 6) is -0.374. The van der Waals surface area contributed by atoms with E-state index in [-0.39, 0.29) is 16.5 Å². The number of carbonyl (C=O) groups is 1. The molecule has 8 heteroatoms.